The molecule has 5 nitrogen and oxygen atoms in total. The highest BCUT2D eigenvalue weighted by Crippen LogP contribution is 2.17. The number of amides is 2. The Kier molecular flexibility index (Phi) is 4.68. The van der Waals surface area contributed by atoms with E-state index in [9.17, 15) is 4.79 Å². The Morgan fingerprint density at radius 3 is 2.64 bits per heavy atom. The zero-order valence-corrected chi connectivity index (χ0v) is 13.4. The van der Waals surface area contributed by atoms with Crippen LogP contribution in [-0.2, 0) is 0 Å². The largest absolute Gasteiger partial charge is 0.331 e. The predicted octanol–water partition coefficient (Wildman–Crippen LogP) is 2.69. The van der Waals surface area contributed by atoms with Gasteiger partial charge in [0.2, 0.25) is 0 Å². The standard InChI is InChI=1S/C16H20N4OS/c1-13(18-16(21)19-8-10-22-11-9-19)14-2-4-15(5-3-14)20-7-6-17-12-20/h2-7,12-13H,8-11H2,1H3,(H,18,21)/t13-/m1/s1. The second kappa shape index (κ2) is 6.87. The molecule has 0 spiro atoms. The number of carbonyl (C=O) groups is 1. The molecule has 1 saturated heterocycles. The monoisotopic (exact) mass is 316 g/mol. The van der Waals surface area contributed by atoms with E-state index < -0.39 is 0 Å². The minimum absolute atomic E-state index is 0.00100. The summed E-state index contributed by atoms with van der Waals surface area (Å²) in [7, 11) is 0. The van der Waals surface area contributed by atoms with Gasteiger partial charge in [-0.05, 0) is 24.6 Å². The van der Waals surface area contributed by atoms with Gasteiger partial charge in [0, 0.05) is 42.7 Å². The van der Waals surface area contributed by atoms with Crippen molar-refractivity contribution in [1.82, 2.24) is 19.8 Å². The number of rotatable bonds is 3. The van der Waals surface area contributed by atoms with Gasteiger partial charge >= 0.3 is 6.03 Å². The molecule has 2 amide bonds. The van der Waals surface area contributed by atoms with Crippen molar-refractivity contribution in [2.45, 2.75) is 13.0 Å². The van der Waals surface area contributed by atoms with Crippen molar-refractivity contribution in [1.29, 1.82) is 0 Å². The molecule has 116 valence electrons. The molecule has 6 heteroatoms. The SMILES string of the molecule is C[C@@H](NC(=O)N1CCSCC1)c1ccc(-n2ccnc2)cc1. The van der Waals surface area contributed by atoms with Crippen LogP contribution in [0.1, 0.15) is 18.5 Å². The van der Waals surface area contributed by atoms with Crippen molar-refractivity contribution < 1.29 is 4.79 Å². The molecular formula is C16H20N4OS. The molecule has 2 aromatic rings. The molecule has 1 aliphatic rings. The van der Waals surface area contributed by atoms with E-state index in [-0.39, 0.29) is 12.1 Å². The Morgan fingerprint density at radius 1 is 1.27 bits per heavy atom. The van der Waals surface area contributed by atoms with Crippen LogP contribution in [0, 0.1) is 0 Å². The van der Waals surface area contributed by atoms with Crippen LogP contribution in [0.5, 0.6) is 0 Å². The topological polar surface area (TPSA) is 50.2 Å². The molecule has 1 N–H and O–H groups in total. The first-order chi connectivity index (χ1) is 10.7. The predicted molar refractivity (Wildman–Crippen MR) is 89.4 cm³/mol. The summed E-state index contributed by atoms with van der Waals surface area (Å²) in [4.78, 5) is 18.2. The van der Waals surface area contributed by atoms with E-state index in [1.165, 1.54) is 0 Å². The summed E-state index contributed by atoms with van der Waals surface area (Å²) < 4.78 is 1.96. The number of aromatic nitrogens is 2. The third-order valence-electron chi connectivity index (χ3n) is 3.83. The number of nitrogens with zero attached hydrogens (tertiary/aromatic N) is 3. The lowest BCUT2D eigenvalue weighted by molar-refractivity contribution is 0.200. The molecule has 1 aliphatic heterocycles. The third kappa shape index (κ3) is 3.44. The molecule has 1 aromatic heterocycles. The van der Waals surface area contributed by atoms with Crippen molar-refractivity contribution in [2.24, 2.45) is 0 Å². The molecule has 1 aromatic carbocycles. The summed E-state index contributed by atoms with van der Waals surface area (Å²) >= 11 is 1.90. The van der Waals surface area contributed by atoms with Gasteiger partial charge in [0.1, 0.15) is 0 Å². The average molecular weight is 316 g/mol. The maximum atomic E-state index is 12.2. The van der Waals surface area contributed by atoms with Crippen molar-refractivity contribution in [3.8, 4) is 5.69 Å². The van der Waals surface area contributed by atoms with E-state index in [1.807, 2.05) is 58.6 Å². The maximum absolute atomic E-state index is 12.2. The summed E-state index contributed by atoms with van der Waals surface area (Å²) in [6.07, 6.45) is 5.44. The lowest BCUT2D eigenvalue weighted by Gasteiger charge is -2.28. The lowest BCUT2D eigenvalue weighted by atomic mass is 10.1. The zero-order chi connectivity index (χ0) is 15.4. The first-order valence-corrected chi connectivity index (χ1v) is 8.61. The molecule has 22 heavy (non-hydrogen) atoms. The van der Waals surface area contributed by atoms with Gasteiger partial charge in [-0.1, -0.05) is 12.1 Å². The van der Waals surface area contributed by atoms with Crippen molar-refractivity contribution in [3.63, 3.8) is 0 Å². The van der Waals surface area contributed by atoms with Gasteiger partial charge in [-0.15, -0.1) is 0 Å². The second-order valence-electron chi connectivity index (χ2n) is 5.33. The summed E-state index contributed by atoms with van der Waals surface area (Å²) in [5, 5.41) is 3.08. The van der Waals surface area contributed by atoms with E-state index in [1.54, 1.807) is 12.5 Å². The number of imidazole rings is 1. The fraction of sp³-hybridized carbons (Fsp3) is 0.375. The number of hydrogen-bond donors (Lipinski definition) is 1. The van der Waals surface area contributed by atoms with Crippen LogP contribution in [0.4, 0.5) is 4.79 Å². The highest BCUT2D eigenvalue weighted by atomic mass is 32.2. The molecule has 0 radical (unpaired) electrons. The van der Waals surface area contributed by atoms with Gasteiger partial charge in [0.15, 0.2) is 0 Å². The Labute approximate surface area is 134 Å². The van der Waals surface area contributed by atoms with E-state index in [0.29, 0.717) is 0 Å². The zero-order valence-electron chi connectivity index (χ0n) is 12.6. The Balaban J connectivity index is 1.62. The van der Waals surface area contributed by atoms with Gasteiger partial charge < -0.3 is 14.8 Å². The third-order valence-corrected chi connectivity index (χ3v) is 4.78. The average Bonchev–Trinajstić information content (AvgIpc) is 3.10. The van der Waals surface area contributed by atoms with E-state index in [0.717, 1.165) is 35.8 Å². The number of benzene rings is 1. The molecule has 0 bridgehead atoms. The maximum Gasteiger partial charge on any atom is 0.317 e. The molecule has 0 aliphatic carbocycles. The van der Waals surface area contributed by atoms with Gasteiger partial charge in [-0.2, -0.15) is 11.8 Å². The molecule has 1 fully saturated rings. The van der Waals surface area contributed by atoms with Crippen molar-refractivity contribution >= 4 is 17.8 Å². The number of thioether (sulfide) groups is 1. The van der Waals surface area contributed by atoms with Gasteiger partial charge in [0.05, 0.1) is 12.4 Å². The first-order valence-electron chi connectivity index (χ1n) is 7.45. The quantitative estimate of drug-likeness (QED) is 0.947. The number of urea groups is 1. The van der Waals surface area contributed by atoms with Crippen molar-refractivity contribution in [3.05, 3.63) is 48.5 Å². The molecule has 0 unspecified atom stereocenters. The summed E-state index contributed by atoms with van der Waals surface area (Å²) in [5.74, 6) is 2.06. The summed E-state index contributed by atoms with van der Waals surface area (Å²) in [6, 6.07) is 8.21. The molecule has 0 saturated carbocycles. The van der Waals surface area contributed by atoms with Crippen LogP contribution in [0.3, 0.4) is 0 Å². The number of nitrogens with one attached hydrogen (secondary N) is 1. The molecule has 1 atom stereocenters. The smallest absolute Gasteiger partial charge is 0.317 e. The minimum Gasteiger partial charge on any atom is -0.331 e. The highest BCUT2D eigenvalue weighted by molar-refractivity contribution is 7.99. The number of carbonyl (C=O) groups excluding carboxylic acids is 1. The molecular weight excluding hydrogens is 296 g/mol. The number of hydrogen-bond acceptors (Lipinski definition) is 3. The van der Waals surface area contributed by atoms with Crippen LogP contribution < -0.4 is 5.32 Å². The highest BCUT2D eigenvalue weighted by Gasteiger charge is 2.18. The first kappa shape index (κ1) is 15.0. The van der Waals surface area contributed by atoms with E-state index in [2.05, 4.69) is 10.3 Å². The fourth-order valence-corrected chi connectivity index (χ4v) is 3.38. The van der Waals surface area contributed by atoms with E-state index >= 15 is 0 Å². The molecule has 3 rings (SSSR count). The van der Waals surface area contributed by atoms with E-state index in [4.69, 9.17) is 0 Å². The van der Waals surface area contributed by atoms with Crippen molar-refractivity contribution in [2.75, 3.05) is 24.6 Å². The summed E-state index contributed by atoms with van der Waals surface area (Å²) in [5.41, 5.74) is 2.16. The second-order valence-corrected chi connectivity index (χ2v) is 6.56. The minimum atomic E-state index is -0.00100. The normalized spacial score (nSPS) is 16.3. The van der Waals surface area contributed by atoms with Gasteiger partial charge in [-0.3, -0.25) is 0 Å². The fourth-order valence-electron chi connectivity index (χ4n) is 2.47. The Bertz CT molecular complexity index is 606. The van der Waals surface area contributed by atoms with Gasteiger partial charge in [0.25, 0.3) is 0 Å². The molecule has 2 heterocycles. The lowest BCUT2D eigenvalue weighted by Crippen LogP contribution is -2.45. The van der Waals surface area contributed by atoms with Crippen LogP contribution in [-0.4, -0.2) is 45.1 Å². The Hall–Kier alpha value is -1.95. The van der Waals surface area contributed by atoms with Crippen LogP contribution in [0.2, 0.25) is 0 Å². The van der Waals surface area contributed by atoms with Crippen LogP contribution in [0.25, 0.3) is 5.69 Å². The van der Waals surface area contributed by atoms with Crippen LogP contribution in [0.15, 0.2) is 43.0 Å². The Morgan fingerprint density at radius 2 is 2.00 bits per heavy atom. The van der Waals surface area contributed by atoms with Gasteiger partial charge in [-0.25, -0.2) is 9.78 Å². The van der Waals surface area contributed by atoms with Crippen LogP contribution >= 0.6 is 11.8 Å². The summed E-state index contributed by atoms with van der Waals surface area (Å²) in [6.45, 7) is 3.69.